The van der Waals surface area contributed by atoms with E-state index < -0.39 is 11.9 Å². The van der Waals surface area contributed by atoms with Gasteiger partial charge in [0.1, 0.15) is 38.8 Å². The third-order valence-electron chi connectivity index (χ3n) is 5.17. The summed E-state index contributed by atoms with van der Waals surface area (Å²) in [5.41, 5.74) is 2.43. The van der Waals surface area contributed by atoms with E-state index in [2.05, 4.69) is 58.4 Å². The first-order valence-electron chi connectivity index (χ1n) is 9.69. The molecular formula is C21H25N3O5. The van der Waals surface area contributed by atoms with Crippen molar-refractivity contribution in [1.82, 2.24) is 4.57 Å². The van der Waals surface area contributed by atoms with Gasteiger partial charge in [-0.05, 0) is 12.1 Å². The maximum absolute atomic E-state index is 10.6. The third-order valence-corrected chi connectivity index (χ3v) is 5.17. The van der Waals surface area contributed by atoms with Crippen LogP contribution in [-0.2, 0) is 16.1 Å². The lowest BCUT2D eigenvalue weighted by atomic mass is 10.2. The van der Waals surface area contributed by atoms with Gasteiger partial charge >= 0.3 is 0 Å². The summed E-state index contributed by atoms with van der Waals surface area (Å²) >= 11 is 0. The number of aliphatic carboxylic acids is 2. The molecule has 1 unspecified atom stereocenters. The van der Waals surface area contributed by atoms with Crippen LogP contribution in [0.1, 0.15) is 0 Å². The molecule has 1 atom stereocenters. The summed E-state index contributed by atoms with van der Waals surface area (Å²) in [5, 5.41) is 33.4. The molecule has 4 N–H and O–H groups in total. The van der Waals surface area contributed by atoms with Crippen LogP contribution in [0.4, 0.5) is 0 Å². The summed E-state index contributed by atoms with van der Waals surface area (Å²) < 4.78 is 2.28. The highest BCUT2D eigenvalue weighted by atomic mass is 16.4. The lowest BCUT2D eigenvalue weighted by Gasteiger charge is -2.25. The maximum Gasteiger partial charge on any atom is 0.127 e. The van der Waals surface area contributed by atoms with E-state index in [9.17, 15) is 5.11 Å². The van der Waals surface area contributed by atoms with Crippen molar-refractivity contribution in [3.05, 3.63) is 48.5 Å². The second-order valence-electron chi connectivity index (χ2n) is 7.19. The fourth-order valence-electron chi connectivity index (χ4n) is 3.89. The Kier molecular flexibility index (Phi) is 6.82. The topological polar surface area (TPSA) is 126 Å². The summed E-state index contributed by atoms with van der Waals surface area (Å²) in [6, 6.07) is 17.0. The number of carbonyl (C=O) groups is 2. The number of carboxylic acid groups (broad SMARTS) is 2. The molecule has 0 amide bonds. The lowest BCUT2D eigenvalue weighted by molar-refractivity contribution is -0.949. The predicted octanol–water partition coefficient (Wildman–Crippen LogP) is -3.90. The molecule has 3 aromatic rings. The summed E-state index contributed by atoms with van der Waals surface area (Å²) in [4.78, 5) is 19.4. The Hall–Kier alpha value is -2.94. The van der Waals surface area contributed by atoms with E-state index in [0.29, 0.717) is 6.54 Å². The molecular weight excluding hydrogens is 374 g/mol. The van der Waals surface area contributed by atoms with Crippen LogP contribution in [0.15, 0.2) is 48.5 Å². The van der Waals surface area contributed by atoms with Gasteiger partial charge in [0.15, 0.2) is 0 Å². The van der Waals surface area contributed by atoms with Crippen molar-refractivity contribution < 1.29 is 35.1 Å². The molecule has 0 spiro atoms. The highest BCUT2D eigenvalue weighted by molar-refractivity contribution is 6.25. The van der Waals surface area contributed by atoms with Crippen molar-refractivity contribution in [2.75, 3.05) is 32.7 Å². The SMILES string of the molecule is O=C([O-])C(=O)[O-].OC(Cn1c2ccccc2c2ccccc21)C[NH+]1CC[NH2+]CC1. The summed E-state index contributed by atoms with van der Waals surface area (Å²) in [6.45, 7) is 6.18. The average Bonchev–Trinajstić information content (AvgIpc) is 3.03. The van der Waals surface area contributed by atoms with Crippen LogP contribution in [-0.4, -0.2) is 60.4 Å². The van der Waals surface area contributed by atoms with Gasteiger partial charge in [0.05, 0.1) is 18.5 Å². The molecule has 8 nitrogen and oxygen atoms in total. The van der Waals surface area contributed by atoms with Crippen molar-refractivity contribution in [2.45, 2.75) is 12.6 Å². The Bertz CT molecular complexity index is 929. The Morgan fingerprint density at radius 1 is 0.966 bits per heavy atom. The number of carbonyl (C=O) groups excluding carboxylic acids is 2. The molecule has 154 valence electrons. The van der Waals surface area contributed by atoms with Gasteiger partial charge in [-0.1, -0.05) is 36.4 Å². The number of hydrogen-bond acceptors (Lipinski definition) is 5. The number of nitrogens with one attached hydrogen (secondary N) is 1. The Morgan fingerprint density at radius 3 is 1.93 bits per heavy atom. The first kappa shape index (κ1) is 20.8. The van der Waals surface area contributed by atoms with Crippen LogP contribution in [0.3, 0.4) is 0 Å². The number of rotatable bonds is 4. The molecule has 0 aliphatic carbocycles. The van der Waals surface area contributed by atoms with Crippen LogP contribution in [0, 0.1) is 0 Å². The minimum absolute atomic E-state index is 0.303. The predicted molar refractivity (Wildman–Crippen MR) is 103 cm³/mol. The molecule has 1 aliphatic heterocycles. The summed E-state index contributed by atoms with van der Waals surface area (Å²) in [6.07, 6.45) is -0.303. The van der Waals surface area contributed by atoms with Gasteiger partial charge in [0.25, 0.3) is 0 Å². The van der Waals surface area contributed by atoms with Crippen LogP contribution in [0.5, 0.6) is 0 Å². The number of nitrogens with zero attached hydrogens (tertiary/aromatic N) is 1. The number of fused-ring (bicyclic) bond motifs is 3. The minimum Gasteiger partial charge on any atom is -0.543 e. The van der Waals surface area contributed by atoms with Crippen LogP contribution < -0.4 is 20.4 Å². The molecule has 2 heterocycles. The number of benzene rings is 2. The molecule has 0 radical (unpaired) electrons. The molecule has 0 saturated carbocycles. The van der Waals surface area contributed by atoms with Gasteiger partial charge in [0.2, 0.25) is 0 Å². The number of para-hydroxylation sites is 2. The van der Waals surface area contributed by atoms with Gasteiger partial charge in [0, 0.05) is 21.8 Å². The molecule has 29 heavy (non-hydrogen) atoms. The lowest BCUT2D eigenvalue weighted by Crippen LogP contribution is -3.21. The van der Waals surface area contributed by atoms with E-state index in [1.165, 1.54) is 39.8 Å². The Labute approximate surface area is 168 Å². The van der Waals surface area contributed by atoms with E-state index in [-0.39, 0.29) is 6.10 Å². The highest BCUT2D eigenvalue weighted by Crippen LogP contribution is 2.28. The normalized spacial score (nSPS) is 15.6. The Morgan fingerprint density at radius 2 is 1.45 bits per heavy atom. The zero-order valence-corrected chi connectivity index (χ0v) is 16.0. The molecule has 1 aliphatic rings. The number of aliphatic hydroxyl groups excluding tert-OH is 1. The van der Waals surface area contributed by atoms with Crippen molar-refractivity contribution in [1.29, 1.82) is 0 Å². The van der Waals surface area contributed by atoms with Gasteiger partial charge in [-0.2, -0.15) is 0 Å². The van der Waals surface area contributed by atoms with E-state index in [0.717, 1.165) is 19.6 Å². The van der Waals surface area contributed by atoms with Crippen LogP contribution in [0.2, 0.25) is 0 Å². The third kappa shape index (κ3) is 5.11. The minimum atomic E-state index is -2.19. The summed E-state index contributed by atoms with van der Waals surface area (Å²) in [5.74, 6) is -4.37. The Balaban J connectivity index is 0.000000353. The van der Waals surface area contributed by atoms with Gasteiger partial charge < -0.3 is 39.7 Å². The van der Waals surface area contributed by atoms with E-state index in [4.69, 9.17) is 19.8 Å². The fourth-order valence-corrected chi connectivity index (χ4v) is 3.89. The number of carboxylic acids is 2. The molecule has 4 rings (SSSR count). The van der Waals surface area contributed by atoms with Crippen LogP contribution >= 0.6 is 0 Å². The van der Waals surface area contributed by atoms with Gasteiger partial charge in [-0.3, -0.25) is 0 Å². The van der Waals surface area contributed by atoms with Crippen molar-refractivity contribution in [3.63, 3.8) is 0 Å². The largest absolute Gasteiger partial charge is 0.543 e. The molecule has 1 aromatic heterocycles. The highest BCUT2D eigenvalue weighted by Gasteiger charge is 2.21. The average molecular weight is 399 g/mol. The van der Waals surface area contributed by atoms with Crippen molar-refractivity contribution in [2.24, 2.45) is 0 Å². The first-order chi connectivity index (χ1) is 14.0. The first-order valence-corrected chi connectivity index (χ1v) is 9.69. The zero-order valence-electron chi connectivity index (χ0n) is 16.0. The van der Waals surface area contributed by atoms with E-state index in [1.807, 2.05) is 0 Å². The number of quaternary nitrogens is 2. The second kappa shape index (κ2) is 9.51. The summed E-state index contributed by atoms with van der Waals surface area (Å²) in [7, 11) is 0. The fraction of sp³-hybridized carbons (Fsp3) is 0.333. The smallest absolute Gasteiger partial charge is 0.127 e. The van der Waals surface area contributed by atoms with Gasteiger partial charge in [-0.25, -0.2) is 0 Å². The van der Waals surface area contributed by atoms with E-state index >= 15 is 0 Å². The van der Waals surface area contributed by atoms with Crippen molar-refractivity contribution in [3.8, 4) is 0 Å². The number of aromatic nitrogens is 1. The van der Waals surface area contributed by atoms with Crippen molar-refractivity contribution >= 4 is 33.7 Å². The number of nitrogens with two attached hydrogens (primary N) is 1. The number of hydrogen-bond donors (Lipinski definition) is 3. The molecule has 1 fully saturated rings. The van der Waals surface area contributed by atoms with Crippen LogP contribution in [0.25, 0.3) is 21.8 Å². The molecule has 0 bridgehead atoms. The molecule has 8 heteroatoms. The monoisotopic (exact) mass is 399 g/mol. The molecule has 2 aromatic carbocycles. The maximum atomic E-state index is 10.6. The van der Waals surface area contributed by atoms with E-state index in [1.54, 1.807) is 0 Å². The standard InChI is InChI=1S/C19H23N3O.C2H2O4/c23-15(13-21-11-9-20-10-12-21)14-22-18-7-3-1-5-16(18)17-6-2-4-8-19(17)22;3-1(4)2(5)6/h1-8,15,20,23H,9-14H2;(H,3,4)(H,5,6). The number of aliphatic hydroxyl groups is 1. The number of piperazine rings is 1. The quantitative estimate of drug-likeness (QED) is 0.387. The second-order valence-corrected chi connectivity index (χ2v) is 7.19. The zero-order chi connectivity index (χ0) is 20.8. The van der Waals surface area contributed by atoms with Gasteiger partial charge in [-0.15, -0.1) is 0 Å². The molecule has 1 saturated heterocycles.